The Bertz CT molecular complexity index is 1050. The molecule has 1 aliphatic rings. The van der Waals surface area contributed by atoms with Crippen molar-refractivity contribution in [3.05, 3.63) is 42.5 Å². The van der Waals surface area contributed by atoms with Crippen molar-refractivity contribution in [3.8, 4) is 11.5 Å². The zero-order valence-corrected chi connectivity index (χ0v) is 16.9. The van der Waals surface area contributed by atoms with Crippen LogP contribution in [0.1, 0.15) is 6.92 Å². The molecule has 3 rings (SSSR count). The molecule has 0 aliphatic carbocycles. The number of nitrogens with one attached hydrogen (secondary N) is 2. The summed E-state index contributed by atoms with van der Waals surface area (Å²) in [6.07, 6.45) is -1.00. The van der Waals surface area contributed by atoms with E-state index in [-0.39, 0.29) is 28.8 Å². The van der Waals surface area contributed by atoms with E-state index < -0.39 is 22.0 Å². The van der Waals surface area contributed by atoms with Crippen LogP contribution in [0.15, 0.2) is 47.4 Å². The maximum atomic E-state index is 13.4. The fourth-order valence-corrected chi connectivity index (χ4v) is 4.49. The van der Waals surface area contributed by atoms with Crippen molar-refractivity contribution in [2.24, 2.45) is 0 Å². The summed E-state index contributed by atoms with van der Waals surface area (Å²) in [7, 11) is -1.20. The van der Waals surface area contributed by atoms with Gasteiger partial charge in [0.1, 0.15) is 11.5 Å². The van der Waals surface area contributed by atoms with Gasteiger partial charge in [-0.3, -0.25) is 13.9 Å². The van der Waals surface area contributed by atoms with Gasteiger partial charge in [0.05, 0.1) is 29.9 Å². The van der Waals surface area contributed by atoms with Crippen molar-refractivity contribution in [3.63, 3.8) is 0 Å². The van der Waals surface area contributed by atoms with Crippen molar-refractivity contribution < 1.29 is 27.5 Å². The zero-order chi connectivity index (χ0) is 21.2. The second kappa shape index (κ2) is 8.00. The second-order valence-electron chi connectivity index (χ2n) is 6.27. The molecule has 2 amide bonds. The van der Waals surface area contributed by atoms with Gasteiger partial charge in [0.15, 0.2) is 6.10 Å². The van der Waals surface area contributed by atoms with E-state index in [1.807, 2.05) is 0 Å². The number of para-hydroxylation sites is 2. The highest BCUT2D eigenvalue weighted by Crippen LogP contribution is 2.38. The number of hydrogen-bond acceptors (Lipinski definition) is 6. The first kappa shape index (κ1) is 20.5. The summed E-state index contributed by atoms with van der Waals surface area (Å²) in [4.78, 5) is 23.5. The van der Waals surface area contributed by atoms with E-state index in [1.165, 1.54) is 39.3 Å². The summed E-state index contributed by atoms with van der Waals surface area (Å²) in [5, 5.41) is 5.03. The molecule has 1 heterocycles. The smallest absolute Gasteiger partial charge is 0.264 e. The van der Waals surface area contributed by atoms with Gasteiger partial charge < -0.3 is 20.1 Å². The molecular weight excluding hydrogens is 398 g/mol. The number of fused-ring (bicyclic) bond motifs is 1. The van der Waals surface area contributed by atoms with Crippen LogP contribution in [-0.2, 0) is 19.6 Å². The van der Waals surface area contributed by atoms with Crippen LogP contribution in [0.4, 0.5) is 11.4 Å². The van der Waals surface area contributed by atoms with Crippen molar-refractivity contribution in [2.75, 3.05) is 30.3 Å². The number of carbonyl (C=O) groups excluding carboxylic acids is 2. The van der Waals surface area contributed by atoms with Gasteiger partial charge in [-0.05, 0) is 30.3 Å². The molecule has 2 aromatic rings. The van der Waals surface area contributed by atoms with E-state index in [0.717, 1.165) is 4.31 Å². The molecule has 0 saturated heterocycles. The fraction of sp³-hybridized carbons (Fsp3) is 0.263. The standard InChI is InChI=1S/C19H21N3O6S/c1-12(23)21-14-10-13(8-9-16(14)27-3)29(25,26)22-11-18(19(24)20-2)28-17-7-5-4-6-15(17)22/h4-10,18H,11H2,1-3H3,(H,20,24)(H,21,23). The normalized spacial score (nSPS) is 15.7. The predicted octanol–water partition coefficient (Wildman–Crippen LogP) is 1.36. The molecule has 10 heteroatoms. The summed E-state index contributed by atoms with van der Waals surface area (Å²) in [6, 6.07) is 10.7. The molecule has 0 aromatic heterocycles. The van der Waals surface area contributed by atoms with E-state index in [0.29, 0.717) is 11.4 Å². The molecule has 2 aromatic carbocycles. The number of carbonyl (C=O) groups is 2. The summed E-state index contributed by atoms with van der Waals surface area (Å²) in [5.41, 5.74) is 0.551. The third-order valence-corrected chi connectivity index (χ3v) is 6.12. The number of likely N-dealkylation sites (N-methyl/N-ethyl adjacent to an activating group) is 1. The Morgan fingerprint density at radius 1 is 1.21 bits per heavy atom. The Balaban J connectivity index is 2.08. The Labute approximate surface area is 168 Å². The first-order chi connectivity index (χ1) is 13.8. The third kappa shape index (κ3) is 3.97. The van der Waals surface area contributed by atoms with Gasteiger partial charge in [-0.2, -0.15) is 0 Å². The first-order valence-corrected chi connectivity index (χ1v) is 10.2. The minimum absolute atomic E-state index is 0.0607. The molecule has 1 unspecified atom stereocenters. The number of hydrogen-bond donors (Lipinski definition) is 2. The Kier molecular flexibility index (Phi) is 5.64. The van der Waals surface area contributed by atoms with Crippen LogP contribution in [0.5, 0.6) is 11.5 Å². The molecule has 9 nitrogen and oxygen atoms in total. The molecule has 154 valence electrons. The topological polar surface area (TPSA) is 114 Å². The van der Waals surface area contributed by atoms with Crippen LogP contribution >= 0.6 is 0 Å². The Morgan fingerprint density at radius 3 is 2.59 bits per heavy atom. The number of sulfonamides is 1. The SMILES string of the molecule is CNC(=O)C1CN(S(=O)(=O)c2ccc(OC)c(NC(C)=O)c2)c2ccccc2O1. The Morgan fingerprint density at radius 2 is 1.93 bits per heavy atom. The van der Waals surface area contributed by atoms with Crippen molar-refractivity contribution in [1.29, 1.82) is 0 Å². The molecule has 0 radical (unpaired) electrons. The van der Waals surface area contributed by atoms with Crippen LogP contribution in [0.3, 0.4) is 0 Å². The lowest BCUT2D eigenvalue weighted by Crippen LogP contribution is -2.50. The number of amides is 2. The maximum absolute atomic E-state index is 13.4. The van der Waals surface area contributed by atoms with Crippen LogP contribution in [0.25, 0.3) is 0 Å². The molecular formula is C19H21N3O6S. The zero-order valence-electron chi connectivity index (χ0n) is 16.1. The highest BCUT2D eigenvalue weighted by Gasteiger charge is 2.37. The molecule has 0 saturated carbocycles. The summed E-state index contributed by atoms with van der Waals surface area (Å²) in [5.74, 6) is -0.195. The van der Waals surface area contributed by atoms with Gasteiger partial charge in [-0.1, -0.05) is 12.1 Å². The number of nitrogens with zero attached hydrogens (tertiary/aromatic N) is 1. The van der Waals surface area contributed by atoms with Gasteiger partial charge in [-0.15, -0.1) is 0 Å². The van der Waals surface area contributed by atoms with Gasteiger partial charge in [0.2, 0.25) is 5.91 Å². The molecule has 0 fully saturated rings. The Hall–Kier alpha value is -3.27. The van der Waals surface area contributed by atoms with Gasteiger partial charge in [0, 0.05) is 14.0 Å². The van der Waals surface area contributed by atoms with Crippen LogP contribution in [-0.4, -0.2) is 47.0 Å². The molecule has 29 heavy (non-hydrogen) atoms. The van der Waals surface area contributed by atoms with Crippen LogP contribution in [0, 0.1) is 0 Å². The van der Waals surface area contributed by atoms with Crippen molar-refractivity contribution >= 4 is 33.2 Å². The largest absolute Gasteiger partial charge is 0.495 e. The fourth-order valence-electron chi connectivity index (χ4n) is 2.99. The number of methoxy groups -OCH3 is 1. The van der Waals surface area contributed by atoms with Gasteiger partial charge in [-0.25, -0.2) is 8.42 Å². The van der Waals surface area contributed by atoms with E-state index in [2.05, 4.69) is 10.6 Å². The number of benzene rings is 2. The number of anilines is 2. The molecule has 1 aliphatic heterocycles. The van der Waals surface area contributed by atoms with Gasteiger partial charge >= 0.3 is 0 Å². The second-order valence-corrected chi connectivity index (χ2v) is 8.13. The highest BCUT2D eigenvalue weighted by atomic mass is 32.2. The molecule has 0 bridgehead atoms. The lowest BCUT2D eigenvalue weighted by Gasteiger charge is -2.34. The number of rotatable bonds is 5. The molecule has 1 atom stereocenters. The monoisotopic (exact) mass is 419 g/mol. The van der Waals surface area contributed by atoms with E-state index in [9.17, 15) is 18.0 Å². The minimum atomic E-state index is -4.07. The lowest BCUT2D eigenvalue weighted by atomic mass is 10.2. The first-order valence-electron chi connectivity index (χ1n) is 8.73. The lowest BCUT2D eigenvalue weighted by molar-refractivity contribution is -0.127. The average Bonchev–Trinajstić information content (AvgIpc) is 2.71. The predicted molar refractivity (Wildman–Crippen MR) is 107 cm³/mol. The molecule has 0 spiro atoms. The average molecular weight is 419 g/mol. The van der Waals surface area contributed by atoms with Crippen LogP contribution < -0.4 is 24.4 Å². The third-order valence-electron chi connectivity index (χ3n) is 4.34. The van der Waals surface area contributed by atoms with Crippen molar-refractivity contribution in [2.45, 2.75) is 17.9 Å². The van der Waals surface area contributed by atoms with E-state index in [4.69, 9.17) is 9.47 Å². The molecule has 2 N–H and O–H groups in total. The summed E-state index contributed by atoms with van der Waals surface area (Å²) < 4.78 is 38.8. The number of ether oxygens (including phenoxy) is 2. The quantitative estimate of drug-likeness (QED) is 0.756. The van der Waals surface area contributed by atoms with E-state index in [1.54, 1.807) is 24.3 Å². The van der Waals surface area contributed by atoms with Crippen LogP contribution in [0.2, 0.25) is 0 Å². The van der Waals surface area contributed by atoms with Crippen molar-refractivity contribution in [1.82, 2.24) is 5.32 Å². The van der Waals surface area contributed by atoms with Gasteiger partial charge in [0.25, 0.3) is 15.9 Å². The highest BCUT2D eigenvalue weighted by molar-refractivity contribution is 7.92. The summed E-state index contributed by atoms with van der Waals surface area (Å²) >= 11 is 0. The summed E-state index contributed by atoms with van der Waals surface area (Å²) in [6.45, 7) is 1.12. The van der Waals surface area contributed by atoms with E-state index >= 15 is 0 Å². The maximum Gasteiger partial charge on any atom is 0.264 e. The minimum Gasteiger partial charge on any atom is -0.495 e.